The summed E-state index contributed by atoms with van der Waals surface area (Å²) >= 11 is 1.22. The van der Waals surface area contributed by atoms with Crippen LogP contribution in [0.4, 0.5) is 4.79 Å². The van der Waals surface area contributed by atoms with Gasteiger partial charge in [0.2, 0.25) is 0 Å². The zero-order valence-corrected chi connectivity index (χ0v) is 16.8. The molecule has 4 rings (SSSR count). The van der Waals surface area contributed by atoms with E-state index >= 15 is 0 Å². The number of thiazole rings is 1. The molecule has 1 atom stereocenters. The predicted molar refractivity (Wildman–Crippen MR) is 110 cm³/mol. The number of ether oxygens (including phenoxy) is 1. The van der Waals surface area contributed by atoms with E-state index in [1.54, 1.807) is 12.3 Å². The van der Waals surface area contributed by atoms with Gasteiger partial charge in [-0.15, -0.1) is 11.3 Å². The number of hydrogen-bond donors (Lipinski definition) is 1. The van der Waals surface area contributed by atoms with Gasteiger partial charge in [0.05, 0.1) is 0 Å². The van der Waals surface area contributed by atoms with Gasteiger partial charge in [-0.2, -0.15) is 0 Å². The van der Waals surface area contributed by atoms with Gasteiger partial charge >= 0.3 is 12.1 Å². The van der Waals surface area contributed by atoms with Crippen molar-refractivity contribution in [3.8, 4) is 11.1 Å². The third kappa shape index (κ3) is 3.49. The number of rotatable bonds is 5. The van der Waals surface area contributed by atoms with Gasteiger partial charge in [-0.3, -0.25) is 4.90 Å². The molecule has 7 heteroatoms. The molecule has 0 spiro atoms. The topological polar surface area (TPSA) is 79.7 Å². The first-order valence-corrected chi connectivity index (χ1v) is 10.1. The van der Waals surface area contributed by atoms with Crippen LogP contribution >= 0.6 is 11.3 Å². The van der Waals surface area contributed by atoms with Gasteiger partial charge in [0.1, 0.15) is 11.6 Å². The Kier molecular flexibility index (Phi) is 5.07. The summed E-state index contributed by atoms with van der Waals surface area (Å²) in [5.74, 6) is -1.22. The number of carbonyl (C=O) groups is 2. The Morgan fingerprint density at radius 3 is 2.24 bits per heavy atom. The minimum atomic E-state index is -1.18. The van der Waals surface area contributed by atoms with Gasteiger partial charge in [0, 0.05) is 24.0 Å². The van der Waals surface area contributed by atoms with Crippen molar-refractivity contribution in [3.63, 3.8) is 0 Å². The molecule has 0 radical (unpaired) electrons. The van der Waals surface area contributed by atoms with Crippen molar-refractivity contribution in [2.45, 2.75) is 18.9 Å². The number of hydrogen-bond acceptors (Lipinski definition) is 5. The van der Waals surface area contributed by atoms with E-state index in [1.807, 2.05) is 36.4 Å². The Labute approximate surface area is 172 Å². The molecule has 1 N–H and O–H groups in total. The van der Waals surface area contributed by atoms with Crippen LogP contribution in [0.25, 0.3) is 11.1 Å². The summed E-state index contributed by atoms with van der Waals surface area (Å²) in [5.41, 5.74) is 5.21. The van der Waals surface area contributed by atoms with E-state index in [9.17, 15) is 14.7 Å². The van der Waals surface area contributed by atoms with Crippen molar-refractivity contribution in [2.75, 3.05) is 13.7 Å². The van der Waals surface area contributed by atoms with Crippen LogP contribution in [0.1, 0.15) is 33.8 Å². The molecule has 1 amide bonds. The lowest BCUT2D eigenvalue weighted by Crippen LogP contribution is -2.36. The molecule has 148 valence electrons. The first-order chi connectivity index (χ1) is 14.0. The largest absolute Gasteiger partial charge is 0.479 e. The van der Waals surface area contributed by atoms with Crippen LogP contribution in [0, 0.1) is 6.92 Å². The zero-order valence-electron chi connectivity index (χ0n) is 16.0. The molecule has 1 aliphatic carbocycles. The Morgan fingerprint density at radius 2 is 1.72 bits per heavy atom. The first-order valence-electron chi connectivity index (χ1n) is 9.20. The third-order valence-corrected chi connectivity index (χ3v) is 6.13. The summed E-state index contributed by atoms with van der Waals surface area (Å²) in [6, 6.07) is 14.9. The number of carboxylic acids is 1. The van der Waals surface area contributed by atoms with Crippen LogP contribution in [0.3, 0.4) is 0 Å². The molecule has 3 aromatic rings. The monoisotopic (exact) mass is 408 g/mol. The highest BCUT2D eigenvalue weighted by atomic mass is 32.1. The maximum Gasteiger partial charge on any atom is 0.410 e. The van der Waals surface area contributed by atoms with E-state index in [0.717, 1.165) is 32.8 Å². The molecule has 0 aliphatic heterocycles. The minimum absolute atomic E-state index is 0.0786. The van der Waals surface area contributed by atoms with Crippen molar-refractivity contribution in [3.05, 3.63) is 75.7 Å². The van der Waals surface area contributed by atoms with Crippen LogP contribution < -0.4 is 0 Å². The van der Waals surface area contributed by atoms with E-state index in [4.69, 9.17) is 4.74 Å². The lowest BCUT2D eigenvalue weighted by molar-refractivity contribution is -0.142. The fourth-order valence-corrected chi connectivity index (χ4v) is 4.66. The second-order valence-electron chi connectivity index (χ2n) is 6.98. The van der Waals surface area contributed by atoms with E-state index in [-0.39, 0.29) is 12.5 Å². The molecule has 0 saturated carbocycles. The van der Waals surface area contributed by atoms with Gasteiger partial charge in [0.15, 0.2) is 6.04 Å². The van der Waals surface area contributed by atoms with E-state index in [1.165, 1.54) is 18.4 Å². The molecule has 29 heavy (non-hydrogen) atoms. The van der Waals surface area contributed by atoms with Crippen molar-refractivity contribution in [1.29, 1.82) is 0 Å². The first kappa shape index (κ1) is 19.1. The van der Waals surface area contributed by atoms with Gasteiger partial charge in [-0.1, -0.05) is 48.5 Å². The second-order valence-corrected chi connectivity index (χ2v) is 7.87. The molecular formula is C22H20N2O4S. The number of likely N-dealkylation sites (N-methyl/N-ethyl adjacent to an activating group) is 1. The molecule has 6 nitrogen and oxygen atoms in total. The fourth-order valence-electron chi connectivity index (χ4n) is 3.74. The van der Waals surface area contributed by atoms with Crippen LogP contribution in [0.5, 0.6) is 0 Å². The summed E-state index contributed by atoms with van der Waals surface area (Å²) in [4.78, 5) is 29.7. The van der Waals surface area contributed by atoms with Crippen molar-refractivity contribution < 1.29 is 19.4 Å². The molecule has 0 saturated heterocycles. The fraction of sp³-hybridized carbons (Fsp3) is 0.227. The summed E-state index contributed by atoms with van der Waals surface area (Å²) in [5, 5.41) is 11.7. The van der Waals surface area contributed by atoms with E-state index in [0.29, 0.717) is 5.01 Å². The Bertz CT molecular complexity index is 1030. The highest BCUT2D eigenvalue weighted by Crippen LogP contribution is 2.44. The van der Waals surface area contributed by atoms with E-state index in [2.05, 4.69) is 17.1 Å². The quantitative estimate of drug-likeness (QED) is 0.674. The van der Waals surface area contributed by atoms with Gasteiger partial charge < -0.3 is 9.84 Å². The average Bonchev–Trinajstić information content (AvgIpc) is 3.27. The van der Waals surface area contributed by atoms with Crippen molar-refractivity contribution >= 4 is 23.4 Å². The van der Waals surface area contributed by atoms with Gasteiger partial charge in [0.25, 0.3) is 0 Å². The number of amides is 1. The summed E-state index contributed by atoms with van der Waals surface area (Å²) in [6.07, 6.45) is -0.688. The molecule has 1 heterocycles. The van der Waals surface area contributed by atoms with Gasteiger partial charge in [-0.05, 0) is 29.2 Å². The Balaban J connectivity index is 1.53. The van der Waals surface area contributed by atoms with Crippen LogP contribution in [-0.2, 0) is 9.53 Å². The number of aromatic nitrogens is 1. The number of benzene rings is 2. The molecule has 1 aliphatic rings. The molecule has 2 aromatic carbocycles. The lowest BCUT2D eigenvalue weighted by Gasteiger charge is -2.23. The maximum atomic E-state index is 12.7. The molecular weight excluding hydrogens is 388 g/mol. The number of aliphatic carboxylic acids is 1. The van der Waals surface area contributed by atoms with Gasteiger partial charge in [-0.25, -0.2) is 14.6 Å². The summed E-state index contributed by atoms with van der Waals surface area (Å²) < 4.78 is 5.56. The van der Waals surface area contributed by atoms with Crippen LogP contribution in [-0.4, -0.2) is 40.7 Å². The summed E-state index contributed by atoms with van der Waals surface area (Å²) in [6.45, 7) is 1.92. The number of nitrogens with zero attached hydrogens (tertiary/aromatic N) is 2. The highest BCUT2D eigenvalue weighted by molar-refractivity contribution is 7.09. The number of fused-ring (bicyclic) bond motifs is 3. The minimum Gasteiger partial charge on any atom is -0.479 e. The lowest BCUT2D eigenvalue weighted by atomic mass is 9.98. The third-order valence-electron chi connectivity index (χ3n) is 5.12. The predicted octanol–water partition coefficient (Wildman–Crippen LogP) is 4.46. The Hall–Kier alpha value is -3.19. The van der Waals surface area contributed by atoms with Crippen LogP contribution in [0.2, 0.25) is 0 Å². The van der Waals surface area contributed by atoms with Crippen molar-refractivity contribution in [2.24, 2.45) is 0 Å². The molecule has 1 aromatic heterocycles. The van der Waals surface area contributed by atoms with Crippen molar-refractivity contribution in [1.82, 2.24) is 9.88 Å². The standard InChI is InChI=1S/C22H20N2O4S/c1-13-12-29-20(23-13)19(21(25)26)24(2)22(27)28-11-18-16-9-5-3-7-14(16)15-8-4-6-10-17(15)18/h3-10,12,18-19H,11H2,1-2H3,(H,25,26). The highest BCUT2D eigenvalue weighted by Gasteiger charge is 2.34. The molecule has 0 bridgehead atoms. The molecule has 1 unspecified atom stereocenters. The maximum absolute atomic E-state index is 12.7. The number of carboxylic acid groups (broad SMARTS) is 1. The Morgan fingerprint density at radius 1 is 1.14 bits per heavy atom. The zero-order chi connectivity index (χ0) is 20.5. The normalized spacial score (nSPS) is 13.4. The summed E-state index contributed by atoms with van der Waals surface area (Å²) in [7, 11) is 1.42. The number of aryl methyl sites for hydroxylation is 1. The average molecular weight is 408 g/mol. The second kappa shape index (κ2) is 7.67. The molecule has 0 fully saturated rings. The van der Waals surface area contributed by atoms with Crippen LogP contribution in [0.15, 0.2) is 53.9 Å². The van der Waals surface area contributed by atoms with E-state index < -0.39 is 18.1 Å². The SMILES string of the molecule is Cc1csc(C(C(=O)O)N(C)C(=O)OCC2c3ccccc3-c3ccccc32)n1. The smallest absolute Gasteiger partial charge is 0.410 e. The number of carbonyl (C=O) groups excluding carboxylic acids is 1.